The highest BCUT2D eigenvalue weighted by atomic mass is 32.2. The molecule has 1 rings (SSSR count). The molecular weight excluding hydrogens is 965 g/mol. The molecule has 0 amide bonds. The smallest absolute Gasteiger partial charge is 0.305 e. The number of rotatable bonds is 43. The molecule has 0 aromatic carbocycles. The van der Waals surface area contributed by atoms with Crippen molar-refractivity contribution in [3.05, 3.63) is 12.3 Å². The molecule has 1 aliphatic rings. The van der Waals surface area contributed by atoms with Crippen LogP contribution < -0.4 is 0 Å². The summed E-state index contributed by atoms with van der Waals surface area (Å²) in [5.74, 6) is 5.64. The summed E-state index contributed by atoms with van der Waals surface area (Å²) in [6, 6.07) is 0. The Labute approximate surface area is 470 Å². The predicted molar refractivity (Wildman–Crippen MR) is 338 cm³/mol. The van der Waals surface area contributed by atoms with Crippen LogP contribution in [0.1, 0.15) is 289 Å². The molecule has 0 bridgehead atoms. The molecule has 1 atom stereocenters. The van der Waals surface area contributed by atoms with Gasteiger partial charge in [0.25, 0.3) is 0 Å². The van der Waals surface area contributed by atoms with Gasteiger partial charge in [0.2, 0.25) is 0 Å². The van der Waals surface area contributed by atoms with E-state index >= 15 is 0 Å². The number of hydrogen-bond acceptors (Lipinski definition) is 10. The standard InChI is InChI=1S/C48H93NO4S4.C6H7N.4C2H6/c1-5-9-13-16-19-22-25-41-55-46(54)30-28-44(50)52-39-34-48(32-37-49(38-33-48)36-12-8-4)35-40-53-45(51)29-31-47(56-42-26-23-20-17-14-10-6-2)57-43-27-24-21-18-15-11-7-3;1-3-5-7-6-4-2;4*1-2/h46-47,54H,5-43H2,1-4H3;1,4-6H,2H3;4*1-2H3/b;6-4-,7-5?;;;;. The number of piperidine rings is 1. The van der Waals surface area contributed by atoms with Crippen LogP contribution in [0.15, 0.2) is 17.3 Å². The minimum absolute atomic E-state index is 0.0406. The lowest BCUT2D eigenvalue weighted by Gasteiger charge is -2.42. The largest absolute Gasteiger partial charge is 0.466 e. The van der Waals surface area contributed by atoms with Gasteiger partial charge in [0.15, 0.2) is 0 Å². The van der Waals surface area contributed by atoms with Gasteiger partial charge in [-0.15, -0.1) is 41.7 Å². The van der Waals surface area contributed by atoms with Gasteiger partial charge in [-0.05, 0) is 113 Å². The fourth-order valence-electron chi connectivity index (χ4n) is 7.94. The Bertz CT molecular complexity index is 1120. The maximum Gasteiger partial charge on any atom is 0.305 e. The van der Waals surface area contributed by atoms with Crippen LogP contribution >= 0.6 is 47.9 Å². The highest BCUT2D eigenvalue weighted by Gasteiger charge is 2.34. The van der Waals surface area contributed by atoms with Crippen molar-refractivity contribution >= 4 is 66.1 Å². The second-order valence-electron chi connectivity index (χ2n) is 18.0. The van der Waals surface area contributed by atoms with Crippen molar-refractivity contribution in [1.29, 1.82) is 0 Å². The number of ether oxygens (including phenoxy) is 2. The second-order valence-corrected chi connectivity index (χ2v) is 23.2. The molecule has 0 N–H and O–H groups in total. The zero-order valence-electron chi connectivity index (χ0n) is 50.2. The van der Waals surface area contributed by atoms with Gasteiger partial charge in [0.05, 0.1) is 24.0 Å². The maximum atomic E-state index is 13.1. The number of thiol groups is 1. The van der Waals surface area contributed by atoms with E-state index in [0.717, 1.165) is 63.9 Å². The third-order valence-electron chi connectivity index (χ3n) is 12.3. The minimum Gasteiger partial charge on any atom is -0.466 e. The third-order valence-corrected chi connectivity index (χ3v) is 17.2. The number of carbonyl (C=O) groups excluding carboxylic acids is 2. The van der Waals surface area contributed by atoms with Crippen LogP contribution in [0, 0.1) is 17.8 Å². The fourth-order valence-corrected chi connectivity index (χ4v) is 12.1. The van der Waals surface area contributed by atoms with Gasteiger partial charge in [-0.25, -0.2) is 0 Å². The molecule has 1 unspecified atom stereocenters. The molecule has 0 aliphatic carbocycles. The summed E-state index contributed by atoms with van der Waals surface area (Å²) in [5, 5.41) is 0. The Morgan fingerprint density at radius 2 is 0.972 bits per heavy atom. The zero-order valence-corrected chi connectivity index (χ0v) is 53.6. The Balaban J connectivity index is -0.000000882. The number of hydrogen-bond donors (Lipinski definition) is 1. The zero-order chi connectivity index (χ0) is 55.0. The highest BCUT2D eigenvalue weighted by Crippen LogP contribution is 2.39. The van der Waals surface area contributed by atoms with E-state index in [2.05, 4.69) is 67.0 Å². The van der Waals surface area contributed by atoms with Gasteiger partial charge in [0, 0.05) is 23.6 Å². The van der Waals surface area contributed by atoms with Crippen LogP contribution in [0.5, 0.6) is 0 Å². The molecule has 430 valence electrons. The molecule has 0 spiro atoms. The molecule has 0 aromatic rings. The molecular formula is C62H124N2O4S4. The Morgan fingerprint density at radius 3 is 1.36 bits per heavy atom. The normalized spacial score (nSPS) is 13.2. The average molecular weight is 1090 g/mol. The number of esters is 2. The fraction of sp³-hybridized carbons (Fsp3) is 0.887. The molecule has 6 nitrogen and oxygen atoms in total. The topological polar surface area (TPSA) is 68.2 Å². The Kier molecular flexibility index (Phi) is 78.2. The van der Waals surface area contributed by atoms with Crippen molar-refractivity contribution in [2.24, 2.45) is 10.4 Å². The summed E-state index contributed by atoms with van der Waals surface area (Å²) in [7, 11) is 0. The van der Waals surface area contributed by atoms with Crippen LogP contribution in [0.2, 0.25) is 0 Å². The lowest BCUT2D eigenvalue weighted by molar-refractivity contribution is -0.145. The molecule has 0 saturated carbocycles. The quantitative estimate of drug-likeness (QED) is 0.0162. The SMILES string of the molecule is C#CC=N/C=C\C.CC.CC.CC.CC.CCCCCCCCCSC(S)CCC(=O)OCCC1(CCOC(=O)CCC(SCCCCCCCCC)SCCCCCCCCC)CCN(CCCC)CC1. The molecule has 0 aromatic heterocycles. The minimum atomic E-state index is -0.100. The average Bonchev–Trinajstić information content (AvgIpc) is 3.41. The number of nitrogens with zero attached hydrogens (tertiary/aromatic N) is 2. The van der Waals surface area contributed by atoms with Gasteiger partial charge in [-0.2, -0.15) is 12.6 Å². The summed E-state index contributed by atoms with van der Waals surface area (Å²) in [6.45, 7) is 31.2. The lowest BCUT2D eigenvalue weighted by atomic mass is 9.73. The van der Waals surface area contributed by atoms with Crippen LogP contribution in [-0.2, 0) is 19.1 Å². The number of aliphatic imine (C=N–C) groups is 1. The predicted octanol–water partition coefficient (Wildman–Crippen LogP) is 20.7. The first-order chi connectivity index (χ1) is 35.3. The van der Waals surface area contributed by atoms with Gasteiger partial charge < -0.3 is 14.4 Å². The van der Waals surface area contributed by atoms with E-state index in [1.54, 1.807) is 6.20 Å². The third kappa shape index (κ3) is 60.1. The van der Waals surface area contributed by atoms with Gasteiger partial charge in [0.1, 0.15) is 0 Å². The molecule has 0 radical (unpaired) electrons. The van der Waals surface area contributed by atoms with E-state index in [4.69, 9.17) is 28.5 Å². The van der Waals surface area contributed by atoms with Gasteiger partial charge in [-0.3, -0.25) is 14.6 Å². The van der Waals surface area contributed by atoms with Crippen molar-refractivity contribution in [1.82, 2.24) is 4.90 Å². The van der Waals surface area contributed by atoms with Gasteiger partial charge >= 0.3 is 11.9 Å². The Morgan fingerprint density at radius 1 is 0.597 bits per heavy atom. The molecule has 1 fully saturated rings. The van der Waals surface area contributed by atoms with Crippen molar-refractivity contribution in [3.8, 4) is 12.3 Å². The number of allylic oxidation sites excluding steroid dienone is 1. The summed E-state index contributed by atoms with van der Waals surface area (Å²) in [4.78, 5) is 32.1. The number of thioether (sulfide) groups is 3. The first kappa shape index (κ1) is 80.1. The van der Waals surface area contributed by atoms with E-state index in [-0.39, 0.29) is 21.9 Å². The van der Waals surface area contributed by atoms with Crippen LogP contribution in [-0.4, -0.2) is 82.3 Å². The molecule has 1 aliphatic heterocycles. The number of likely N-dealkylation sites (tertiary alicyclic amines) is 1. The first-order valence-corrected chi connectivity index (χ1v) is 34.1. The molecule has 1 heterocycles. The first-order valence-electron chi connectivity index (χ1n) is 30.4. The highest BCUT2D eigenvalue weighted by molar-refractivity contribution is 8.17. The van der Waals surface area contributed by atoms with Crippen LogP contribution in [0.3, 0.4) is 0 Å². The van der Waals surface area contributed by atoms with E-state index in [0.29, 0.717) is 30.6 Å². The van der Waals surface area contributed by atoms with Crippen LogP contribution in [0.25, 0.3) is 0 Å². The van der Waals surface area contributed by atoms with Gasteiger partial charge in [-0.1, -0.05) is 217 Å². The number of terminal acetylenes is 1. The number of carbonyl (C=O) groups is 2. The van der Waals surface area contributed by atoms with E-state index in [9.17, 15) is 9.59 Å². The summed E-state index contributed by atoms with van der Waals surface area (Å²) in [5.41, 5.74) is 0.0586. The number of unbranched alkanes of at least 4 members (excludes halogenated alkanes) is 19. The molecule has 1 saturated heterocycles. The molecule has 72 heavy (non-hydrogen) atoms. The van der Waals surface area contributed by atoms with Crippen molar-refractivity contribution < 1.29 is 19.1 Å². The lowest BCUT2D eigenvalue weighted by Crippen LogP contribution is -2.41. The Hall–Kier alpha value is -0.730. The monoisotopic (exact) mass is 1090 g/mol. The van der Waals surface area contributed by atoms with Crippen molar-refractivity contribution in [3.63, 3.8) is 0 Å². The van der Waals surface area contributed by atoms with E-state index in [1.807, 2.05) is 80.2 Å². The summed E-state index contributed by atoms with van der Waals surface area (Å²) in [6.07, 6.45) is 46.7. The summed E-state index contributed by atoms with van der Waals surface area (Å²) >= 11 is 10.8. The molecule has 10 heteroatoms. The van der Waals surface area contributed by atoms with E-state index < -0.39 is 0 Å². The van der Waals surface area contributed by atoms with E-state index in [1.165, 1.54) is 165 Å². The summed E-state index contributed by atoms with van der Waals surface area (Å²) < 4.78 is 12.5. The second kappa shape index (κ2) is 70.3. The van der Waals surface area contributed by atoms with Crippen molar-refractivity contribution in [2.75, 3.05) is 50.1 Å². The van der Waals surface area contributed by atoms with Crippen molar-refractivity contribution in [2.45, 2.75) is 298 Å². The van der Waals surface area contributed by atoms with Crippen LogP contribution in [0.4, 0.5) is 0 Å². The maximum absolute atomic E-state index is 13.1.